The lowest BCUT2D eigenvalue weighted by molar-refractivity contribution is -0.137. The minimum Gasteiger partial charge on any atom is -0.378 e. The summed E-state index contributed by atoms with van der Waals surface area (Å²) in [6.07, 6.45) is 1.31. The molecule has 2 unspecified atom stereocenters. The van der Waals surface area contributed by atoms with E-state index in [0.29, 0.717) is 6.10 Å². The van der Waals surface area contributed by atoms with E-state index in [0.717, 1.165) is 56.4 Å². The first kappa shape index (κ1) is 16.3. The minimum atomic E-state index is -4.27. The third-order valence-corrected chi connectivity index (χ3v) is 4.03. The van der Waals surface area contributed by atoms with Crippen molar-refractivity contribution in [2.24, 2.45) is 0 Å². The van der Waals surface area contributed by atoms with Gasteiger partial charge in [0.2, 0.25) is 0 Å². The third-order valence-electron chi connectivity index (χ3n) is 4.03. The molecule has 0 aromatic heterocycles. The number of rotatable bonds is 6. The normalized spacial score (nSPS) is 20.7. The lowest BCUT2D eigenvalue weighted by Crippen LogP contribution is -2.17. The molecule has 1 fully saturated rings. The van der Waals surface area contributed by atoms with Crippen LogP contribution in [0.5, 0.6) is 0 Å². The third kappa shape index (κ3) is 4.71. The van der Waals surface area contributed by atoms with Crippen LogP contribution in [0, 0.1) is 0 Å². The van der Waals surface area contributed by atoms with E-state index in [1.54, 1.807) is 12.1 Å². The van der Waals surface area contributed by atoms with Crippen molar-refractivity contribution >= 4 is 0 Å². The molecule has 0 radical (unpaired) electrons. The molecule has 118 valence electrons. The first-order valence-electron chi connectivity index (χ1n) is 7.46. The Morgan fingerprint density at radius 3 is 2.52 bits per heavy atom. The number of benzene rings is 1. The van der Waals surface area contributed by atoms with Crippen LogP contribution in [0.3, 0.4) is 0 Å². The summed E-state index contributed by atoms with van der Waals surface area (Å²) in [4.78, 5) is 0. The van der Waals surface area contributed by atoms with E-state index in [2.05, 4.69) is 5.32 Å². The van der Waals surface area contributed by atoms with Gasteiger partial charge in [0.1, 0.15) is 0 Å². The molecular weight excluding hydrogens is 279 g/mol. The maximum Gasteiger partial charge on any atom is 0.416 e. The molecule has 0 saturated carbocycles. The SMILES string of the molecule is CNC(CCCC1CCCO1)c1ccc(C(F)(F)F)cc1. The van der Waals surface area contributed by atoms with Gasteiger partial charge in [0.25, 0.3) is 0 Å². The van der Waals surface area contributed by atoms with E-state index in [1.165, 1.54) is 0 Å². The summed E-state index contributed by atoms with van der Waals surface area (Å²) < 4.78 is 43.2. The van der Waals surface area contributed by atoms with Crippen molar-refractivity contribution < 1.29 is 17.9 Å². The van der Waals surface area contributed by atoms with E-state index in [1.807, 2.05) is 7.05 Å². The Labute approximate surface area is 123 Å². The summed E-state index contributed by atoms with van der Waals surface area (Å²) in [6, 6.07) is 5.53. The number of ether oxygens (including phenoxy) is 1. The van der Waals surface area contributed by atoms with Crippen molar-refractivity contribution in [1.29, 1.82) is 0 Å². The molecule has 1 heterocycles. The van der Waals surface area contributed by atoms with Crippen molar-refractivity contribution in [2.45, 2.75) is 50.4 Å². The molecule has 2 nitrogen and oxygen atoms in total. The van der Waals surface area contributed by atoms with E-state index in [9.17, 15) is 13.2 Å². The van der Waals surface area contributed by atoms with Gasteiger partial charge < -0.3 is 10.1 Å². The summed E-state index contributed by atoms with van der Waals surface area (Å²) in [7, 11) is 1.84. The van der Waals surface area contributed by atoms with Crippen molar-refractivity contribution in [3.63, 3.8) is 0 Å². The zero-order valence-electron chi connectivity index (χ0n) is 12.2. The van der Waals surface area contributed by atoms with Crippen molar-refractivity contribution in [3.05, 3.63) is 35.4 Å². The highest BCUT2D eigenvalue weighted by molar-refractivity contribution is 5.26. The molecule has 1 aliphatic rings. The summed E-state index contributed by atoms with van der Waals surface area (Å²) in [6.45, 7) is 0.860. The molecule has 1 N–H and O–H groups in total. The maximum absolute atomic E-state index is 12.5. The molecule has 2 rings (SSSR count). The first-order chi connectivity index (χ1) is 10.0. The molecule has 0 bridgehead atoms. The lowest BCUT2D eigenvalue weighted by atomic mass is 9.98. The average molecular weight is 301 g/mol. The van der Waals surface area contributed by atoms with Crippen LogP contribution in [0.15, 0.2) is 24.3 Å². The zero-order valence-corrected chi connectivity index (χ0v) is 12.2. The Kier molecular flexibility index (Phi) is 5.65. The highest BCUT2D eigenvalue weighted by Gasteiger charge is 2.30. The van der Waals surface area contributed by atoms with Crippen LogP contribution in [-0.2, 0) is 10.9 Å². The van der Waals surface area contributed by atoms with Gasteiger partial charge in [-0.3, -0.25) is 0 Å². The van der Waals surface area contributed by atoms with Crippen LogP contribution < -0.4 is 5.32 Å². The zero-order chi connectivity index (χ0) is 15.3. The van der Waals surface area contributed by atoms with Crippen LogP contribution in [0.25, 0.3) is 0 Å². The lowest BCUT2D eigenvalue weighted by Gasteiger charge is -2.18. The van der Waals surface area contributed by atoms with Crippen LogP contribution in [0.4, 0.5) is 13.2 Å². The molecule has 1 aromatic carbocycles. The fourth-order valence-electron chi connectivity index (χ4n) is 2.80. The fraction of sp³-hybridized carbons (Fsp3) is 0.625. The topological polar surface area (TPSA) is 21.3 Å². The molecule has 0 spiro atoms. The van der Waals surface area contributed by atoms with Crippen LogP contribution in [0.2, 0.25) is 0 Å². The number of hydrogen-bond acceptors (Lipinski definition) is 2. The molecule has 1 saturated heterocycles. The quantitative estimate of drug-likeness (QED) is 0.845. The van der Waals surface area contributed by atoms with Gasteiger partial charge >= 0.3 is 6.18 Å². The highest BCUT2D eigenvalue weighted by Crippen LogP contribution is 2.30. The Hall–Kier alpha value is -1.07. The average Bonchev–Trinajstić information content (AvgIpc) is 2.96. The van der Waals surface area contributed by atoms with Gasteiger partial charge in [0.15, 0.2) is 0 Å². The molecule has 21 heavy (non-hydrogen) atoms. The van der Waals surface area contributed by atoms with E-state index in [-0.39, 0.29) is 6.04 Å². The number of alkyl halides is 3. The summed E-state index contributed by atoms with van der Waals surface area (Å²) in [5.74, 6) is 0. The molecule has 0 amide bonds. The summed E-state index contributed by atoms with van der Waals surface area (Å²) >= 11 is 0. The molecule has 1 aliphatic heterocycles. The second-order valence-corrected chi connectivity index (χ2v) is 5.53. The predicted molar refractivity (Wildman–Crippen MR) is 76.1 cm³/mol. The second kappa shape index (κ2) is 7.27. The largest absolute Gasteiger partial charge is 0.416 e. The van der Waals surface area contributed by atoms with Crippen LogP contribution >= 0.6 is 0 Å². The van der Waals surface area contributed by atoms with Gasteiger partial charge in [-0.15, -0.1) is 0 Å². The smallest absolute Gasteiger partial charge is 0.378 e. The monoisotopic (exact) mass is 301 g/mol. The Morgan fingerprint density at radius 2 is 2.00 bits per heavy atom. The highest BCUT2D eigenvalue weighted by atomic mass is 19.4. The van der Waals surface area contributed by atoms with Crippen molar-refractivity contribution in [1.82, 2.24) is 5.32 Å². The number of nitrogens with one attached hydrogen (secondary N) is 1. The summed E-state index contributed by atoms with van der Waals surface area (Å²) in [5, 5.41) is 3.18. The first-order valence-corrected chi connectivity index (χ1v) is 7.46. The van der Waals surface area contributed by atoms with Gasteiger partial charge in [-0.25, -0.2) is 0 Å². The summed E-state index contributed by atoms with van der Waals surface area (Å²) in [5.41, 5.74) is 0.304. The molecular formula is C16H22F3NO. The Morgan fingerprint density at radius 1 is 1.29 bits per heavy atom. The Balaban J connectivity index is 1.87. The van der Waals surface area contributed by atoms with Crippen LogP contribution in [0.1, 0.15) is 49.3 Å². The van der Waals surface area contributed by atoms with Crippen molar-refractivity contribution in [3.8, 4) is 0 Å². The molecule has 5 heteroatoms. The van der Waals surface area contributed by atoms with E-state index >= 15 is 0 Å². The maximum atomic E-state index is 12.5. The second-order valence-electron chi connectivity index (χ2n) is 5.53. The standard InChI is InChI=1S/C16H22F3NO/c1-20-15(6-2-4-14-5-3-11-21-14)12-7-9-13(10-8-12)16(17,18)19/h7-10,14-15,20H,2-6,11H2,1H3. The van der Waals surface area contributed by atoms with Gasteiger partial charge in [-0.05, 0) is 56.8 Å². The molecule has 2 atom stereocenters. The Bertz CT molecular complexity index is 424. The fourth-order valence-corrected chi connectivity index (χ4v) is 2.80. The number of halogens is 3. The van der Waals surface area contributed by atoms with Crippen LogP contribution in [-0.4, -0.2) is 19.8 Å². The van der Waals surface area contributed by atoms with E-state index < -0.39 is 11.7 Å². The predicted octanol–water partition coefficient (Wildman–Crippen LogP) is 4.32. The van der Waals surface area contributed by atoms with Gasteiger partial charge in [0.05, 0.1) is 11.7 Å². The van der Waals surface area contributed by atoms with E-state index in [4.69, 9.17) is 4.74 Å². The minimum absolute atomic E-state index is 0.0914. The van der Waals surface area contributed by atoms with Gasteiger partial charge in [-0.2, -0.15) is 13.2 Å². The van der Waals surface area contributed by atoms with Gasteiger partial charge in [0, 0.05) is 12.6 Å². The van der Waals surface area contributed by atoms with Gasteiger partial charge in [-0.1, -0.05) is 12.1 Å². The number of hydrogen-bond donors (Lipinski definition) is 1. The van der Waals surface area contributed by atoms with Crippen molar-refractivity contribution in [2.75, 3.05) is 13.7 Å². The molecule has 0 aliphatic carbocycles. The molecule has 1 aromatic rings.